The lowest BCUT2D eigenvalue weighted by Gasteiger charge is -2.22. The minimum absolute atomic E-state index is 0.00405. The average molecular weight is 630 g/mol. The zero-order chi connectivity index (χ0) is 33.0. The molecule has 240 valence electrons. The fraction of sp³-hybridized carbons (Fsp3) is 0.273. The lowest BCUT2D eigenvalue weighted by molar-refractivity contribution is -0.145. The number of guanidine groups is 1. The summed E-state index contributed by atoms with van der Waals surface area (Å²) >= 11 is 0. The number of nitriles is 1. The molecule has 0 aliphatic rings. The second kappa shape index (κ2) is 19.4. The van der Waals surface area contributed by atoms with Gasteiger partial charge in [-0.05, 0) is 29.5 Å². The van der Waals surface area contributed by atoms with Crippen LogP contribution in [0.3, 0.4) is 0 Å². The predicted octanol–water partition coefficient (Wildman–Crippen LogP) is 4.73. The molecule has 3 amide bonds. The molecular weight excluding hydrogens is 594 g/mol. The third kappa shape index (κ3) is 13.6. The van der Waals surface area contributed by atoms with E-state index >= 15 is 0 Å². The van der Waals surface area contributed by atoms with Crippen molar-refractivity contribution in [2.45, 2.75) is 51.7 Å². The quantitative estimate of drug-likeness (QED) is 0.0793. The van der Waals surface area contributed by atoms with Gasteiger partial charge in [0, 0.05) is 13.5 Å². The van der Waals surface area contributed by atoms with Gasteiger partial charge < -0.3 is 24.3 Å². The maximum atomic E-state index is 12.5. The van der Waals surface area contributed by atoms with E-state index in [1.165, 1.54) is 0 Å². The number of hydrogen-bond acceptors (Lipinski definition) is 10. The first-order chi connectivity index (χ1) is 22.3. The van der Waals surface area contributed by atoms with Gasteiger partial charge in [0.05, 0.1) is 6.04 Å². The molecule has 0 aliphatic carbocycles. The molecule has 13 nitrogen and oxygen atoms in total. The Labute approximate surface area is 266 Å². The van der Waals surface area contributed by atoms with Gasteiger partial charge in [-0.1, -0.05) is 91.0 Å². The molecule has 0 bridgehead atoms. The van der Waals surface area contributed by atoms with Gasteiger partial charge in [-0.2, -0.15) is 5.26 Å². The molecule has 3 rings (SSSR count). The van der Waals surface area contributed by atoms with Crippen LogP contribution in [0.5, 0.6) is 0 Å². The summed E-state index contributed by atoms with van der Waals surface area (Å²) in [5.41, 5.74) is 2.27. The maximum Gasteiger partial charge on any atom is 0.414 e. The van der Waals surface area contributed by atoms with Gasteiger partial charge in [-0.3, -0.25) is 20.4 Å². The van der Waals surface area contributed by atoms with E-state index in [1.54, 1.807) is 72.8 Å². The van der Waals surface area contributed by atoms with Crippen molar-refractivity contribution < 1.29 is 38.1 Å². The van der Waals surface area contributed by atoms with Gasteiger partial charge in [0.2, 0.25) is 12.1 Å². The van der Waals surface area contributed by atoms with E-state index in [1.807, 2.05) is 24.3 Å². The van der Waals surface area contributed by atoms with Crippen LogP contribution in [0.15, 0.2) is 96.0 Å². The van der Waals surface area contributed by atoms with E-state index < -0.39 is 36.4 Å². The van der Waals surface area contributed by atoms with Crippen molar-refractivity contribution in [3.63, 3.8) is 0 Å². The number of carbonyl (C=O) groups is 4. The van der Waals surface area contributed by atoms with Crippen LogP contribution >= 0.6 is 0 Å². The van der Waals surface area contributed by atoms with E-state index in [9.17, 15) is 24.4 Å². The van der Waals surface area contributed by atoms with Crippen LogP contribution in [-0.4, -0.2) is 48.9 Å². The summed E-state index contributed by atoms with van der Waals surface area (Å²) < 4.78 is 20.8. The molecule has 0 fully saturated rings. The van der Waals surface area contributed by atoms with Gasteiger partial charge in [0.15, 0.2) is 0 Å². The number of benzene rings is 3. The average Bonchev–Trinajstić information content (AvgIpc) is 3.07. The first-order valence-corrected chi connectivity index (χ1v) is 14.4. The van der Waals surface area contributed by atoms with Crippen LogP contribution in [0.4, 0.5) is 14.4 Å². The van der Waals surface area contributed by atoms with Crippen molar-refractivity contribution in [2.24, 2.45) is 4.99 Å². The summed E-state index contributed by atoms with van der Waals surface area (Å²) in [6.07, 6.45) is -3.50. The Morgan fingerprint density at radius 2 is 1.15 bits per heavy atom. The molecule has 46 heavy (non-hydrogen) atoms. The van der Waals surface area contributed by atoms with E-state index in [-0.39, 0.29) is 45.2 Å². The van der Waals surface area contributed by atoms with Gasteiger partial charge in [0.25, 0.3) is 0 Å². The number of esters is 1. The highest BCUT2D eigenvalue weighted by molar-refractivity contribution is 6.01. The van der Waals surface area contributed by atoms with E-state index in [0.717, 1.165) is 23.6 Å². The zero-order valence-corrected chi connectivity index (χ0v) is 25.2. The van der Waals surface area contributed by atoms with Crippen LogP contribution in [0, 0.1) is 11.3 Å². The van der Waals surface area contributed by atoms with Crippen molar-refractivity contribution in [1.82, 2.24) is 16.0 Å². The molecule has 3 aromatic carbocycles. The standard InChI is InChI=1S/C33H35N5O8/c1-24(39)46-29(20-34)28(36-31(40)43-21-25-12-5-2-6-13-25)18-11-19-35-30(37-32(41)44-22-26-14-7-3-8-15-26)38-33(42)45-23-27-16-9-4-10-17-27/h2-10,12-17,28-29H,11,18-19,21-23H2,1H3,(H,36,40)(H2,35,37,38,41,42)/t28-,29?/m0/s1. The first-order valence-electron chi connectivity index (χ1n) is 14.4. The number of rotatable bonds is 13. The largest absolute Gasteiger partial charge is 0.445 e. The molecule has 0 saturated heterocycles. The summed E-state index contributed by atoms with van der Waals surface area (Å²) in [5.74, 6) is -0.938. The number of carbonyl (C=O) groups excluding carboxylic acids is 4. The van der Waals surface area contributed by atoms with Crippen molar-refractivity contribution in [1.29, 1.82) is 5.26 Å². The Hall–Kier alpha value is -5.90. The van der Waals surface area contributed by atoms with Crippen molar-refractivity contribution in [3.05, 3.63) is 108 Å². The Kier molecular flexibility index (Phi) is 14.6. The van der Waals surface area contributed by atoms with Gasteiger partial charge in [-0.25, -0.2) is 14.4 Å². The Morgan fingerprint density at radius 1 is 0.717 bits per heavy atom. The molecular formula is C33H35N5O8. The molecule has 3 aromatic rings. The second-order valence-electron chi connectivity index (χ2n) is 9.72. The molecule has 2 atom stereocenters. The minimum Gasteiger partial charge on any atom is -0.445 e. The maximum absolute atomic E-state index is 12.5. The van der Waals surface area contributed by atoms with Crippen LogP contribution in [0.2, 0.25) is 0 Å². The normalized spacial score (nSPS) is 11.4. The fourth-order valence-electron chi connectivity index (χ4n) is 3.92. The lowest BCUT2D eigenvalue weighted by atomic mass is 10.1. The van der Waals surface area contributed by atoms with Gasteiger partial charge >= 0.3 is 24.2 Å². The summed E-state index contributed by atoms with van der Waals surface area (Å²) in [5, 5.41) is 17.0. The third-order valence-corrected chi connectivity index (χ3v) is 6.11. The van der Waals surface area contributed by atoms with Crippen LogP contribution in [-0.2, 0) is 43.6 Å². The summed E-state index contributed by atoms with van der Waals surface area (Å²) in [4.78, 5) is 53.3. The molecule has 13 heteroatoms. The molecule has 0 spiro atoms. The summed E-state index contributed by atoms with van der Waals surface area (Å²) in [6.45, 7) is 1.13. The molecule has 0 aliphatic heterocycles. The zero-order valence-electron chi connectivity index (χ0n) is 25.2. The Balaban J connectivity index is 1.61. The number of nitrogens with zero attached hydrogens (tertiary/aromatic N) is 2. The SMILES string of the molecule is CC(=O)OC(C#N)[C@H](CCCN=C(NC(=O)OCc1ccccc1)NC(=O)OCc1ccccc1)NC(=O)OCc1ccccc1. The number of alkyl carbamates (subject to hydrolysis) is 3. The molecule has 3 N–H and O–H groups in total. The highest BCUT2D eigenvalue weighted by atomic mass is 16.6. The van der Waals surface area contributed by atoms with E-state index in [0.29, 0.717) is 0 Å². The summed E-state index contributed by atoms with van der Waals surface area (Å²) in [6, 6.07) is 28.0. The highest BCUT2D eigenvalue weighted by Crippen LogP contribution is 2.09. The van der Waals surface area contributed by atoms with E-state index in [2.05, 4.69) is 20.9 Å². The van der Waals surface area contributed by atoms with Crippen LogP contribution < -0.4 is 16.0 Å². The highest BCUT2D eigenvalue weighted by Gasteiger charge is 2.26. The minimum atomic E-state index is -1.30. The predicted molar refractivity (Wildman–Crippen MR) is 166 cm³/mol. The number of aliphatic imine (C=N–C) groups is 1. The fourth-order valence-corrected chi connectivity index (χ4v) is 3.92. The second-order valence-corrected chi connectivity index (χ2v) is 9.72. The van der Waals surface area contributed by atoms with Crippen LogP contribution in [0.25, 0.3) is 0 Å². The molecule has 0 radical (unpaired) electrons. The van der Waals surface area contributed by atoms with Crippen molar-refractivity contribution in [3.8, 4) is 6.07 Å². The molecule has 1 unspecified atom stereocenters. The number of nitrogens with one attached hydrogen (secondary N) is 3. The van der Waals surface area contributed by atoms with Crippen LogP contribution in [0.1, 0.15) is 36.5 Å². The van der Waals surface area contributed by atoms with Crippen molar-refractivity contribution in [2.75, 3.05) is 6.54 Å². The smallest absolute Gasteiger partial charge is 0.414 e. The summed E-state index contributed by atoms with van der Waals surface area (Å²) in [7, 11) is 0. The Morgan fingerprint density at radius 3 is 1.57 bits per heavy atom. The first kappa shape index (κ1) is 34.6. The lowest BCUT2D eigenvalue weighted by Crippen LogP contribution is -2.45. The topological polar surface area (TPSA) is 177 Å². The number of ether oxygens (including phenoxy) is 4. The molecule has 0 saturated carbocycles. The van der Waals surface area contributed by atoms with Crippen molar-refractivity contribution >= 4 is 30.2 Å². The third-order valence-electron chi connectivity index (χ3n) is 6.11. The van der Waals surface area contributed by atoms with Gasteiger partial charge in [-0.15, -0.1) is 0 Å². The Bertz CT molecular complexity index is 1420. The monoisotopic (exact) mass is 629 g/mol. The van der Waals surface area contributed by atoms with E-state index in [4.69, 9.17) is 18.9 Å². The molecule has 0 aromatic heterocycles. The van der Waals surface area contributed by atoms with Gasteiger partial charge in [0.1, 0.15) is 25.9 Å². The number of hydrogen-bond donors (Lipinski definition) is 3. The number of amides is 3. The molecule has 0 heterocycles.